The van der Waals surface area contributed by atoms with Crippen LogP contribution in [0, 0.1) is 12.3 Å². The SMILES string of the molecule is Cc1cncc(NCC2(C)CC2)n1. The van der Waals surface area contributed by atoms with Gasteiger partial charge in [0, 0.05) is 12.7 Å². The van der Waals surface area contributed by atoms with Crippen molar-refractivity contribution in [2.75, 3.05) is 11.9 Å². The van der Waals surface area contributed by atoms with Gasteiger partial charge in [-0.25, -0.2) is 4.98 Å². The zero-order valence-corrected chi connectivity index (χ0v) is 8.17. The molecule has 1 aliphatic carbocycles. The highest BCUT2D eigenvalue weighted by Crippen LogP contribution is 2.44. The van der Waals surface area contributed by atoms with E-state index in [4.69, 9.17) is 0 Å². The molecule has 0 radical (unpaired) electrons. The van der Waals surface area contributed by atoms with Crippen molar-refractivity contribution < 1.29 is 0 Å². The lowest BCUT2D eigenvalue weighted by Gasteiger charge is -2.10. The van der Waals surface area contributed by atoms with Crippen molar-refractivity contribution in [3.05, 3.63) is 18.1 Å². The van der Waals surface area contributed by atoms with Crippen molar-refractivity contribution in [3.8, 4) is 0 Å². The van der Waals surface area contributed by atoms with Crippen LogP contribution in [-0.2, 0) is 0 Å². The minimum absolute atomic E-state index is 0.519. The predicted octanol–water partition coefficient (Wildman–Crippen LogP) is 2.00. The normalized spacial score (nSPS) is 18.3. The first-order valence-electron chi connectivity index (χ1n) is 4.71. The second-order valence-electron chi connectivity index (χ2n) is 4.21. The quantitative estimate of drug-likeness (QED) is 0.767. The molecule has 1 N–H and O–H groups in total. The lowest BCUT2D eigenvalue weighted by Crippen LogP contribution is -2.12. The fraction of sp³-hybridized carbons (Fsp3) is 0.600. The minimum Gasteiger partial charge on any atom is -0.368 e. The molecule has 3 nitrogen and oxygen atoms in total. The lowest BCUT2D eigenvalue weighted by atomic mass is 10.1. The van der Waals surface area contributed by atoms with Gasteiger partial charge in [-0.15, -0.1) is 0 Å². The van der Waals surface area contributed by atoms with Gasteiger partial charge >= 0.3 is 0 Å². The number of aromatic nitrogens is 2. The maximum atomic E-state index is 4.33. The van der Waals surface area contributed by atoms with E-state index in [1.807, 2.05) is 6.92 Å². The standard InChI is InChI=1S/C10H15N3/c1-8-5-11-6-9(13-8)12-7-10(2)3-4-10/h5-6H,3-4,7H2,1-2H3,(H,12,13). The molecule has 0 spiro atoms. The van der Waals surface area contributed by atoms with Gasteiger partial charge in [0.05, 0.1) is 11.9 Å². The summed E-state index contributed by atoms with van der Waals surface area (Å²) in [5.41, 5.74) is 1.48. The van der Waals surface area contributed by atoms with Crippen LogP contribution in [-0.4, -0.2) is 16.5 Å². The van der Waals surface area contributed by atoms with Gasteiger partial charge in [-0.1, -0.05) is 6.92 Å². The van der Waals surface area contributed by atoms with Crippen molar-refractivity contribution >= 4 is 5.82 Å². The van der Waals surface area contributed by atoms with E-state index >= 15 is 0 Å². The summed E-state index contributed by atoms with van der Waals surface area (Å²) in [7, 11) is 0. The molecule has 1 aliphatic rings. The first-order chi connectivity index (χ1) is 6.18. The fourth-order valence-electron chi connectivity index (χ4n) is 1.24. The summed E-state index contributed by atoms with van der Waals surface area (Å²) in [4.78, 5) is 8.41. The molecule has 3 heteroatoms. The van der Waals surface area contributed by atoms with Crippen molar-refractivity contribution in [1.82, 2.24) is 9.97 Å². The summed E-state index contributed by atoms with van der Waals surface area (Å²) in [5.74, 6) is 0.896. The van der Waals surface area contributed by atoms with Gasteiger partial charge < -0.3 is 5.32 Å². The number of hydrogen-bond acceptors (Lipinski definition) is 3. The van der Waals surface area contributed by atoms with Gasteiger partial charge in [0.15, 0.2) is 0 Å². The molecule has 1 fully saturated rings. The third kappa shape index (κ3) is 2.17. The first kappa shape index (κ1) is 8.48. The van der Waals surface area contributed by atoms with Crippen molar-refractivity contribution in [2.24, 2.45) is 5.41 Å². The van der Waals surface area contributed by atoms with Crippen molar-refractivity contribution in [1.29, 1.82) is 0 Å². The number of anilines is 1. The van der Waals surface area contributed by atoms with E-state index in [-0.39, 0.29) is 0 Å². The van der Waals surface area contributed by atoms with Gasteiger partial charge in [-0.05, 0) is 25.2 Å². The molecule has 13 heavy (non-hydrogen) atoms. The Balaban J connectivity index is 1.94. The second kappa shape index (κ2) is 2.98. The largest absolute Gasteiger partial charge is 0.368 e. The molecular formula is C10H15N3. The van der Waals surface area contributed by atoms with Crippen LogP contribution in [0.3, 0.4) is 0 Å². The van der Waals surface area contributed by atoms with Gasteiger partial charge in [-0.3, -0.25) is 4.98 Å². The van der Waals surface area contributed by atoms with Gasteiger partial charge in [0.1, 0.15) is 5.82 Å². The number of nitrogens with one attached hydrogen (secondary N) is 1. The molecule has 1 saturated carbocycles. The molecule has 0 aromatic carbocycles. The Hall–Kier alpha value is -1.12. The van der Waals surface area contributed by atoms with E-state index in [0.29, 0.717) is 5.41 Å². The summed E-state index contributed by atoms with van der Waals surface area (Å²) in [6, 6.07) is 0. The number of aryl methyl sites for hydroxylation is 1. The zero-order valence-electron chi connectivity index (χ0n) is 8.17. The van der Waals surface area contributed by atoms with E-state index < -0.39 is 0 Å². The third-order valence-corrected chi connectivity index (χ3v) is 2.55. The Morgan fingerprint density at radius 2 is 2.23 bits per heavy atom. The summed E-state index contributed by atoms with van der Waals surface area (Å²) in [6.45, 7) is 5.27. The second-order valence-corrected chi connectivity index (χ2v) is 4.21. The van der Waals surface area contributed by atoms with Crippen molar-refractivity contribution in [3.63, 3.8) is 0 Å². The van der Waals surface area contributed by atoms with Gasteiger partial charge in [0.25, 0.3) is 0 Å². The van der Waals surface area contributed by atoms with Crippen LogP contribution in [0.1, 0.15) is 25.5 Å². The van der Waals surface area contributed by atoms with Crippen LogP contribution < -0.4 is 5.32 Å². The van der Waals surface area contributed by atoms with Crippen LogP contribution in [0.25, 0.3) is 0 Å². The summed E-state index contributed by atoms with van der Waals surface area (Å²) in [5, 5.41) is 3.31. The Labute approximate surface area is 78.6 Å². The maximum Gasteiger partial charge on any atom is 0.144 e. The van der Waals surface area contributed by atoms with Crippen LogP contribution >= 0.6 is 0 Å². The molecule has 0 saturated heterocycles. The molecule has 0 bridgehead atoms. The predicted molar refractivity (Wildman–Crippen MR) is 52.6 cm³/mol. The Bertz CT molecular complexity index is 305. The molecule has 0 aliphatic heterocycles. The third-order valence-electron chi connectivity index (χ3n) is 2.55. The van der Waals surface area contributed by atoms with E-state index in [1.54, 1.807) is 12.4 Å². The maximum absolute atomic E-state index is 4.33. The average Bonchev–Trinajstić information content (AvgIpc) is 2.82. The lowest BCUT2D eigenvalue weighted by molar-refractivity contribution is 0.609. The zero-order chi connectivity index (χ0) is 9.31. The molecule has 1 aromatic heterocycles. The van der Waals surface area contributed by atoms with E-state index in [1.165, 1.54) is 12.8 Å². The van der Waals surface area contributed by atoms with E-state index in [9.17, 15) is 0 Å². The first-order valence-corrected chi connectivity index (χ1v) is 4.71. The molecule has 0 unspecified atom stereocenters. The van der Waals surface area contributed by atoms with Crippen LogP contribution in [0.15, 0.2) is 12.4 Å². The molecule has 1 aromatic rings. The van der Waals surface area contributed by atoms with E-state index in [0.717, 1.165) is 18.1 Å². The number of rotatable bonds is 3. The van der Waals surface area contributed by atoms with Crippen LogP contribution in [0.5, 0.6) is 0 Å². The van der Waals surface area contributed by atoms with Crippen LogP contribution in [0.2, 0.25) is 0 Å². The monoisotopic (exact) mass is 177 g/mol. The number of nitrogens with zero attached hydrogens (tertiary/aromatic N) is 2. The van der Waals surface area contributed by atoms with Gasteiger partial charge in [-0.2, -0.15) is 0 Å². The molecule has 0 amide bonds. The molecular weight excluding hydrogens is 162 g/mol. The molecule has 2 rings (SSSR count). The molecule has 1 heterocycles. The minimum atomic E-state index is 0.519. The Morgan fingerprint density at radius 1 is 1.46 bits per heavy atom. The van der Waals surface area contributed by atoms with E-state index in [2.05, 4.69) is 22.2 Å². The van der Waals surface area contributed by atoms with Crippen LogP contribution in [0.4, 0.5) is 5.82 Å². The highest BCUT2D eigenvalue weighted by Gasteiger charge is 2.36. The van der Waals surface area contributed by atoms with Gasteiger partial charge in [0.2, 0.25) is 0 Å². The number of hydrogen-bond donors (Lipinski definition) is 1. The summed E-state index contributed by atoms with van der Waals surface area (Å²) < 4.78 is 0. The summed E-state index contributed by atoms with van der Waals surface area (Å²) >= 11 is 0. The highest BCUT2D eigenvalue weighted by atomic mass is 15.0. The highest BCUT2D eigenvalue weighted by molar-refractivity contribution is 5.32. The average molecular weight is 177 g/mol. The molecule has 0 atom stereocenters. The topological polar surface area (TPSA) is 37.8 Å². The molecule has 70 valence electrons. The van der Waals surface area contributed by atoms with Crippen molar-refractivity contribution in [2.45, 2.75) is 26.7 Å². The smallest absolute Gasteiger partial charge is 0.144 e. The Kier molecular flexibility index (Phi) is 1.94. The summed E-state index contributed by atoms with van der Waals surface area (Å²) in [6.07, 6.45) is 6.21. The Morgan fingerprint density at radius 3 is 2.85 bits per heavy atom. The fourth-order valence-corrected chi connectivity index (χ4v) is 1.24.